The summed E-state index contributed by atoms with van der Waals surface area (Å²) in [6.07, 6.45) is 3.99. The van der Waals surface area contributed by atoms with Crippen molar-refractivity contribution in [1.29, 1.82) is 0 Å². The summed E-state index contributed by atoms with van der Waals surface area (Å²) in [6, 6.07) is 2.40. The first-order chi connectivity index (χ1) is 9.78. The second kappa shape index (κ2) is 6.24. The van der Waals surface area contributed by atoms with Gasteiger partial charge in [-0.2, -0.15) is 0 Å². The van der Waals surface area contributed by atoms with E-state index in [9.17, 15) is 4.79 Å². The number of carbonyl (C=O) groups excluding carboxylic acids is 1. The summed E-state index contributed by atoms with van der Waals surface area (Å²) in [7, 11) is 0. The van der Waals surface area contributed by atoms with Crippen molar-refractivity contribution in [3.63, 3.8) is 0 Å². The molecular formula is C15H23N3OS. The molecule has 1 atom stereocenters. The minimum atomic E-state index is 0.191. The molecule has 3 heterocycles. The Morgan fingerprint density at radius 1 is 1.35 bits per heavy atom. The van der Waals surface area contributed by atoms with Crippen LogP contribution in [0, 0.1) is 0 Å². The zero-order chi connectivity index (χ0) is 13.9. The van der Waals surface area contributed by atoms with E-state index in [0.29, 0.717) is 13.0 Å². The molecular weight excluding hydrogens is 270 g/mol. The molecule has 20 heavy (non-hydrogen) atoms. The van der Waals surface area contributed by atoms with E-state index < -0.39 is 0 Å². The Labute approximate surface area is 124 Å². The van der Waals surface area contributed by atoms with Crippen molar-refractivity contribution >= 4 is 17.2 Å². The number of nitrogens with zero attached hydrogens (tertiary/aromatic N) is 2. The Bertz CT molecular complexity index is 467. The number of amides is 1. The molecule has 1 unspecified atom stereocenters. The summed E-state index contributed by atoms with van der Waals surface area (Å²) in [6.45, 7) is 4.42. The molecule has 0 aliphatic carbocycles. The molecule has 3 rings (SSSR count). The summed E-state index contributed by atoms with van der Waals surface area (Å²) < 4.78 is 0. The van der Waals surface area contributed by atoms with Crippen molar-refractivity contribution in [2.45, 2.75) is 38.3 Å². The van der Waals surface area contributed by atoms with Crippen molar-refractivity contribution in [3.05, 3.63) is 21.9 Å². The SMILES string of the molecule is NCC(CC(=O)N1CCCC1)N1CCc2sccc2C1. The van der Waals surface area contributed by atoms with E-state index in [0.717, 1.165) is 45.4 Å². The molecule has 0 radical (unpaired) electrons. The summed E-state index contributed by atoms with van der Waals surface area (Å²) >= 11 is 1.85. The predicted octanol–water partition coefficient (Wildman–Crippen LogP) is 1.45. The van der Waals surface area contributed by atoms with Crippen LogP contribution in [0.15, 0.2) is 11.4 Å². The van der Waals surface area contributed by atoms with Crippen molar-refractivity contribution in [1.82, 2.24) is 9.80 Å². The van der Waals surface area contributed by atoms with E-state index in [-0.39, 0.29) is 11.9 Å². The molecule has 1 amide bonds. The second-order valence-corrected chi connectivity index (χ2v) is 6.77. The third kappa shape index (κ3) is 2.90. The molecule has 2 aliphatic heterocycles. The van der Waals surface area contributed by atoms with Crippen LogP contribution in [0.5, 0.6) is 0 Å². The maximum Gasteiger partial charge on any atom is 0.224 e. The van der Waals surface area contributed by atoms with Crippen molar-refractivity contribution in [2.24, 2.45) is 5.73 Å². The van der Waals surface area contributed by atoms with E-state index in [4.69, 9.17) is 5.73 Å². The average Bonchev–Trinajstić information content (AvgIpc) is 3.14. The summed E-state index contributed by atoms with van der Waals surface area (Å²) in [4.78, 5) is 18.2. The van der Waals surface area contributed by atoms with E-state index in [1.807, 2.05) is 16.2 Å². The highest BCUT2D eigenvalue weighted by molar-refractivity contribution is 7.10. The van der Waals surface area contributed by atoms with Crippen molar-refractivity contribution < 1.29 is 4.79 Å². The monoisotopic (exact) mass is 293 g/mol. The van der Waals surface area contributed by atoms with Gasteiger partial charge in [0.2, 0.25) is 5.91 Å². The number of nitrogens with two attached hydrogens (primary N) is 1. The van der Waals surface area contributed by atoms with Gasteiger partial charge < -0.3 is 10.6 Å². The van der Waals surface area contributed by atoms with Gasteiger partial charge in [0.15, 0.2) is 0 Å². The third-order valence-corrected chi connectivity index (χ3v) is 5.52. The fourth-order valence-electron chi connectivity index (χ4n) is 3.24. The maximum absolute atomic E-state index is 12.3. The van der Waals surface area contributed by atoms with Gasteiger partial charge in [-0.25, -0.2) is 0 Å². The van der Waals surface area contributed by atoms with Crippen LogP contribution < -0.4 is 5.73 Å². The lowest BCUT2D eigenvalue weighted by atomic mass is 10.0. The highest BCUT2D eigenvalue weighted by atomic mass is 32.1. The molecule has 1 fully saturated rings. The molecule has 110 valence electrons. The first-order valence-electron chi connectivity index (χ1n) is 7.55. The summed E-state index contributed by atoms with van der Waals surface area (Å²) in [5.74, 6) is 0.286. The average molecular weight is 293 g/mol. The molecule has 0 bridgehead atoms. The highest BCUT2D eigenvalue weighted by Crippen LogP contribution is 2.26. The molecule has 5 heteroatoms. The minimum absolute atomic E-state index is 0.191. The van der Waals surface area contributed by atoms with Gasteiger partial charge in [0, 0.05) is 50.1 Å². The van der Waals surface area contributed by atoms with Crippen LogP contribution >= 0.6 is 11.3 Å². The molecule has 2 aliphatic rings. The van der Waals surface area contributed by atoms with Gasteiger partial charge in [-0.3, -0.25) is 9.69 Å². The van der Waals surface area contributed by atoms with E-state index in [1.165, 1.54) is 10.4 Å². The number of carbonyl (C=O) groups is 1. The van der Waals surface area contributed by atoms with E-state index in [1.54, 1.807) is 0 Å². The number of likely N-dealkylation sites (tertiary alicyclic amines) is 1. The largest absolute Gasteiger partial charge is 0.343 e. The first kappa shape index (κ1) is 14.0. The molecule has 1 aromatic rings. The molecule has 4 nitrogen and oxygen atoms in total. The smallest absolute Gasteiger partial charge is 0.224 e. The Balaban J connectivity index is 1.60. The highest BCUT2D eigenvalue weighted by Gasteiger charge is 2.27. The third-order valence-electron chi connectivity index (χ3n) is 4.49. The van der Waals surface area contributed by atoms with Crippen LogP contribution in [0.4, 0.5) is 0 Å². The minimum Gasteiger partial charge on any atom is -0.343 e. The van der Waals surface area contributed by atoms with Gasteiger partial charge in [-0.15, -0.1) is 11.3 Å². The van der Waals surface area contributed by atoms with Gasteiger partial charge in [-0.1, -0.05) is 0 Å². The first-order valence-corrected chi connectivity index (χ1v) is 8.43. The fraction of sp³-hybridized carbons (Fsp3) is 0.667. The Morgan fingerprint density at radius 3 is 2.90 bits per heavy atom. The van der Waals surface area contributed by atoms with Gasteiger partial charge in [0.05, 0.1) is 0 Å². The second-order valence-electron chi connectivity index (χ2n) is 5.77. The predicted molar refractivity (Wildman–Crippen MR) is 81.7 cm³/mol. The molecule has 0 aromatic carbocycles. The van der Waals surface area contributed by atoms with Crippen LogP contribution in [0.3, 0.4) is 0 Å². The molecule has 1 saturated heterocycles. The van der Waals surface area contributed by atoms with Gasteiger partial charge in [0.1, 0.15) is 0 Å². The van der Waals surface area contributed by atoms with Crippen LogP contribution in [0.2, 0.25) is 0 Å². The fourth-order valence-corrected chi connectivity index (χ4v) is 4.13. The number of thiophene rings is 1. The molecule has 0 saturated carbocycles. The van der Waals surface area contributed by atoms with Crippen LogP contribution in [0.1, 0.15) is 29.7 Å². The van der Waals surface area contributed by atoms with Crippen LogP contribution in [0.25, 0.3) is 0 Å². The molecule has 1 aromatic heterocycles. The number of hydrogen-bond donors (Lipinski definition) is 1. The number of fused-ring (bicyclic) bond motifs is 1. The van der Waals surface area contributed by atoms with Gasteiger partial charge in [0.25, 0.3) is 0 Å². The summed E-state index contributed by atoms with van der Waals surface area (Å²) in [5, 5.41) is 2.17. The number of hydrogen-bond acceptors (Lipinski definition) is 4. The number of rotatable bonds is 4. The van der Waals surface area contributed by atoms with Crippen LogP contribution in [-0.4, -0.2) is 47.9 Å². The van der Waals surface area contributed by atoms with Crippen molar-refractivity contribution in [3.8, 4) is 0 Å². The van der Waals surface area contributed by atoms with Gasteiger partial charge >= 0.3 is 0 Å². The standard InChI is InChI=1S/C15H23N3OS/c16-10-13(9-15(19)17-5-1-2-6-17)18-7-3-14-12(11-18)4-8-20-14/h4,8,13H,1-3,5-7,9-11,16H2. The zero-order valence-electron chi connectivity index (χ0n) is 11.9. The Hall–Kier alpha value is -0.910. The zero-order valence-corrected chi connectivity index (χ0v) is 12.7. The van der Waals surface area contributed by atoms with E-state index in [2.05, 4.69) is 16.3 Å². The normalized spacial score (nSPS) is 20.9. The van der Waals surface area contributed by atoms with Gasteiger partial charge in [-0.05, 0) is 36.3 Å². The lowest BCUT2D eigenvalue weighted by molar-refractivity contribution is -0.131. The molecule has 0 spiro atoms. The molecule has 2 N–H and O–H groups in total. The topological polar surface area (TPSA) is 49.6 Å². The lowest BCUT2D eigenvalue weighted by Crippen LogP contribution is -2.46. The Morgan fingerprint density at radius 2 is 2.15 bits per heavy atom. The lowest BCUT2D eigenvalue weighted by Gasteiger charge is -2.34. The van der Waals surface area contributed by atoms with E-state index >= 15 is 0 Å². The quantitative estimate of drug-likeness (QED) is 0.914. The van der Waals surface area contributed by atoms with Crippen LogP contribution in [-0.2, 0) is 17.8 Å². The van der Waals surface area contributed by atoms with Crippen molar-refractivity contribution in [2.75, 3.05) is 26.2 Å². The summed E-state index contributed by atoms with van der Waals surface area (Å²) in [5.41, 5.74) is 7.36. The Kier molecular flexibility index (Phi) is 4.38. The maximum atomic E-state index is 12.3.